The summed E-state index contributed by atoms with van der Waals surface area (Å²) in [6.45, 7) is 1.75. The molecule has 1 aromatic heterocycles. The predicted molar refractivity (Wildman–Crippen MR) is 62.8 cm³/mol. The summed E-state index contributed by atoms with van der Waals surface area (Å²) in [6, 6.07) is 8.41. The van der Waals surface area contributed by atoms with E-state index in [-0.39, 0.29) is 0 Å². The van der Waals surface area contributed by atoms with Crippen molar-refractivity contribution in [1.29, 1.82) is 0 Å². The fraction of sp³-hybridized carbons (Fsp3) is 0.167. The Morgan fingerprint density at radius 2 is 1.56 bits per heavy atom. The van der Waals surface area contributed by atoms with Crippen molar-refractivity contribution in [1.82, 2.24) is 9.97 Å². The second-order valence-corrected chi connectivity index (χ2v) is 3.94. The van der Waals surface area contributed by atoms with Crippen LogP contribution in [0.15, 0.2) is 36.7 Å². The number of hydrogen-bond acceptors (Lipinski definition) is 4. The van der Waals surface area contributed by atoms with Gasteiger partial charge in [-0.05, 0) is 11.1 Å². The zero-order valence-corrected chi connectivity index (χ0v) is 8.80. The van der Waals surface area contributed by atoms with Gasteiger partial charge in [0.1, 0.15) is 0 Å². The molecule has 0 fully saturated rings. The lowest BCUT2D eigenvalue weighted by atomic mass is 10.1. The van der Waals surface area contributed by atoms with Gasteiger partial charge in [0.2, 0.25) is 5.95 Å². The Labute approximate surface area is 93.8 Å². The van der Waals surface area contributed by atoms with Crippen molar-refractivity contribution in [2.45, 2.75) is 13.1 Å². The third-order valence-corrected chi connectivity index (χ3v) is 2.78. The molecule has 4 nitrogen and oxygen atoms in total. The van der Waals surface area contributed by atoms with E-state index in [1.165, 1.54) is 11.1 Å². The Kier molecular flexibility index (Phi) is 1.99. The minimum absolute atomic E-state index is 0.598. The predicted octanol–water partition coefficient (Wildman–Crippen LogP) is 1.58. The van der Waals surface area contributed by atoms with Crippen molar-refractivity contribution in [2.24, 2.45) is 0 Å². The smallest absolute Gasteiger partial charge is 0.225 e. The quantitative estimate of drug-likeness (QED) is 0.779. The number of aromatic nitrogens is 2. The van der Waals surface area contributed by atoms with E-state index in [1.807, 2.05) is 0 Å². The van der Waals surface area contributed by atoms with Gasteiger partial charge in [-0.3, -0.25) is 0 Å². The SMILES string of the molecule is Nc1cnc(N2Cc3ccccc3C2)nc1. The van der Waals surface area contributed by atoms with Gasteiger partial charge in [0.05, 0.1) is 18.1 Å². The molecule has 1 aliphatic heterocycles. The lowest BCUT2D eigenvalue weighted by molar-refractivity contribution is 0.829. The molecule has 0 radical (unpaired) electrons. The summed E-state index contributed by atoms with van der Waals surface area (Å²) >= 11 is 0. The van der Waals surface area contributed by atoms with Crippen LogP contribution >= 0.6 is 0 Å². The van der Waals surface area contributed by atoms with E-state index in [9.17, 15) is 0 Å². The molecule has 1 aliphatic rings. The van der Waals surface area contributed by atoms with Crippen molar-refractivity contribution in [2.75, 3.05) is 10.6 Å². The summed E-state index contributed by atoms with van der Waals surface area (Å²) in [4.78, 5) is 10.6. The van der Waals surface area contributed by atoms with Gasteiger partial charge >= 0.3 is 0 Å². The molecule has 0 bridgehead atoms. The highest BCUT2D eigenvalue weighted by molar-refractivity contribution is 5.44. The Morgan fingerprint density at radius 3 is 2.12 bits per heavy atom. The molecule has 3 rings (SSSR count). The van der Waals surface area contributed by atoms with Gasteiger partial charge in [-0.15, -0.1) is 0 Å². The van der Waals surface area contributed by atoms with Crippen LogP contribution in [0.4, 0.5) is 11.6 Å². The molecule has 16 heavy (non-hydrogen) atoms. The Hall–Kier alpha value is -2.10. The number of nitrogens with zero attached hydrogens (tertiary/aromatic N) is 3. The molecule has 0 spiro atoms. The maximum atomic E-state index is 5.57. The standard InChI is InChI=1S/C12H12N4/c13-11-5-14-12(15-6-11)16-7-9-3-1-2-4-10(9)8-16/h1-6H,7-8,13H2. The lowest BCUT2D eigenvalue weighted by Gasteiger charge is -2.14. The number of hydrogen-bond donors (Lipinski definition) is 1. The summed E-state index contributed by atoms with van der Waals surface area (Å²) in [5.74, 6) is 0.741. The lowest BCUT2D eigenvalue weighted by Crippen LogP contribution is -2.17. The van der Waals surface area contributed by atoms with E-state index in [2.05, 4.69) is 39.1 Å². The normalized spacial score (nSPS) is 13.9. The fourth-order valence-corrected chi connectivity index (χ4v) is 1.97. The highest BCUT2D eigenvalue weighted by Crippen LogP contribution is 2.25. The number of benzene rings is 1. The van der Waals surface area contributed by atoms with Crippen LogP contribution in [0.25, 0.3) is 0 Å². The van der Waals surface area contributed by atoms with Crippen molar-refractivity contribution < 1.29 is 0 Å². The van der Waals surface area contributed by atoms with Crippen LogP contribution in [0.1, 0.15) is 11.1 Å². The fourth-order valence-electron chi connectivity index (χ4n) is 1.97. The summed E-state index contributed by atoms with van der Waals surface area (Å²) in [7, 11) is 0. The number of anilines is 2. The summed E-state index contributed by atoms with van der Waals surface area (Å²) in [6.07, 6.45) is 3.29. The van der Waals surface area contributed by atoms with Crippen molar-refractivity contribution in [3.63, 3.8) is 0 Å². The zero-order valence-electron chi connectivity index (χ0n) is 8.80. The van der Waals surface area contributed by atoms with Crippen LogP contribution in [0.5, 0.6) is 0 Å². The monoisotopic (exact) mass is 212 g/mol. The Balaban J connectivity index is 1.88. The van der Waals surface area contributed by atoms with Gasteiger partial charge in [0.25, 0.3) is 0 Å². The minimum Gasteiger partial charge on any atom is -0.396 e. The molecule has 0 unspecified atom stereocenters. The van der Waals surface area contributed by atoms with Crippen LogP contribution in [0.2, 0.25) is 0 Å². The molecular weight excluding hydrogens is 200 g/mol. The molecule has 2 aromatic rings. The topological polar surface area (TPSA) is 55.0 Å². The maximum absolute atomic E-state index is 5.57. The molecule has 2 heterocycles. The third-order valence-electron chi connectivity index (χ3n) is 2.78. The number of nitrogen functional groups attached to an aromatic ring is 1. The van der Waals surface area contributed by atoms with Gasteiger partial charge in [-0.2, -0.15) is 0 Å². The highest BCUT2D eigenvalue weighted by Gasteiger charge is 2.19. The van der Waals surface area contributed by atoms with Gasteiger partial charge in [0, 0.05) is 13.1 Å². The van der Waals surface area contributed by atoms with Gasteiger partial charge in [-0.25, -0.2) is 9.97 Å². The van der Waals surface area contributed by atoms with Gasteiger partial charge in [-0.1, -0.05) is 24.3 Å². The molecule has 0 amide bonds. The average Bonchev–Trinajstić information content (AvgIpc) is 2.73. The van der Waals surface area contributed by atoms with Crippen LogP contribution in [-0.2, 0) is 13.1 Å². The molecule has 4 heteroatoms. The number of fused-ring (bicyclic) bond motifs is 1. The first-order valence-electron chi connectivity index (χ1n) is 5.22. The summed E-state index contributed by atoms with van der Waals surface area (Å²) < 4.78 is 0. The Morgan fingerprint density at radius 1 is 1.00 bits per heavy atom. The van der Waals surface area contributed by atoms with Crippen molar-refractivity contribution in [3.8, 4) is 0 Å². The first-order valence-corrected chi connectivity index (χ1v) is 5.22. The molecule has 0 atom stereocenters. The van der Waals surface area contributed by atoms with E-state index < -0.39 is 0 Å². The molecule has 0 saturated carbocycles. The number of nitrogens with two attached hydrogens (primary N) is 1. The first-order chi connectivity index (χ1) is 7.83. The second-order valence-electron chi connectivity index (χ2n) is 3.94. The summed E-state index contributed by atoms with van der Waals surface area (Å²) in [5, 5.41) is 0. The molecule has 2 N–H and O–H groups in total. The molecule has 0 aliphatic carbocycles. The zero-order chi connectivity index (χ0) is 11.0. The van der Waals surface area contributed by atoms with E-state index in [4.69, 9.17) is 5.73 Å². The van der Waals surface area contributed by atoms with Crippen molar-refractivity contribution in [3.05, 3.63) is 47.8 Å². The second kappa shape index (κ2) is 3.48. The largest absolute Gasteiger partial charge is 0.396 e. The minimum atomic E-state index is 0.598. The van der Waals surface area contributed by atoms with Crippen LogP contribution in [0.3, 0.4) is 0 Å². The Bertz CT molecular complexity index is 482. The van der Waals surface area contributed by atoms with E-state index >= 15 is 0 Å². The molecule has 1 aromatic carbocycles. The van der Waals surface area contributed by atoms with Gasteiger partial charge < -0.3 is 10.6 Å². The van der Waals surface area contributed by atoms with E-state index in [0.717, 1.165) is 19.0 Å². The molecule has 80 valence electrons. The van der Waals surface area contributed by atoms with Gasteiger partial charge in [0.15, 0.2) is 0 Å². The molecular formula is C12H12N4. The first kappa shape index (κ1) is 9.15. The van der Waals surface area contributed by atoms with E-state index in [0.29, 0.717) is 5.69 Å². The maximum Gasteiger partial charge on any atom is 0.225 e. The summed E-state index contributed by atoms with van der Waals surface area (Å²) in [5.41, 5.74) is 8.86. The average molecular weight is 212 g/mol. The van der Waals surface area contributed by atoms with Crippen LogP contribution < -0.4 is 10.6 Å². The number of rotatable bonds is 1. The van der Waals surface area contributed by atoms with Crippen LogP contribution in [0, 0.1) is 0 Å². The molecule has 0 saturated heterocycles. The highest BCUT2D eigenvalue weighted by atomic mass is 15.3. The third kappa shape index (κ3) is 1.48. The van der Waals surface area contributed by atoms with Crippen molar-refractivity contribution >= 4 is 11.6 Å². The van der Waals surface area contributed by atoms with E-state index in [1.54, 1.807) is 12.4 Å². The van der Waals surface area contributed by atoms with Crippen LogP contribution in [-0.4, -0.2) is 9.97 Å².